The second kappa shape index (κ2) is 10.1. The first-order valence-electron chi connectivity index (χ1n) is 8.54. The van der Waals surface area contributed by atoms with Gasteiger partial charge in [-0.1, -0.05) is 18.7 Å². The largest absolute Gasteiger partial charge is 0.493 e. The Morgan fingerprint density at radius 1 is 1.14 bits per heavy atom. The van der Waals surface area contributed by atoms with Crippen LogP contribution in [0, 0.1) is 5.82 Å². The van der Waals surface area contributed by atoms with Gasteiger partial charge in [-0.15, -0.1) is 0 Å². The molecule has 28 heavy (non-hydrogen) atoms. The number of ether oxygens (including phenoxy) is 3. The molecular formula is C22H21FO5. The maximum atomic E-state index is 12.9. The number of hydrogen-bond acceptors (Lipinski definition) is 5. The minimum absolute atomic E-state index is 0.269. The summed E-state index contributed by atoms with van der Waals surface area (Å²) in [5, 5.41) is 0. The van der Waals surface area contributed by atoms with E-state index in [1.807, 2.05) is 0 Å². The van der Waals surface area contributed by atoms with Gasteiger partial charge in [-0.25, -0.2) is 9.18 Å². The van der Waals surface area contributed by atoms with Crippen molar-refractivity contribution in [2.24, 2.45) is 0 Å². The fourth-order valence-electron chi connectivity index (χ4n) is 2.34. The van der Waals surface area contributed by atoms with Crippen molar-refractivity contribution >= 4 is 17.8 Å². The third-order valence-electron chi connectivity index (χ3n) is 3.75. The van der Waals surface area contributed by atoms with Gasteiger partial charge in [-0.3, -0.25) is 4.79 Å². The normalized spacial score (nSPS) is 11.7. The summed E-state index contributed by atoms with van der Waals surface area (Å²) in [5.74, 6) is -0.459. The molecule has 6 heteroatoms. The van der Waals surface area contributed by atoms with Crippen molar-refractivity contribution in [3.63, 3.8) is 0 Å². The van der Waals surface area contributed by atoms with E-state index in [2.05, 4.69) is 6.58 Å². The zero-order chi connectivity index (χ0) is 20.5. The Bertz CT molecular complexity index is 871. The number of hydrogen-bond donors (Lipinski definition) is 0. The molecule has 0 radical (unpaired) electrons. The van der Waals surface area contributed by atoms with E-state index in [-0.39, 0.29) is 5.56 Å². The Morgan fingerprint density at radius 3 is 2.50 bits per heavy atom. The zero-order valence-electron chi connectivity index (χ0n) is 15.7. The summed E-state index contributed by atoms with van der Waals surface area (Å²) in [4.78, 5) is 24.2. The zero-order valence-corrected chi connectivity index (χ0v) is 15.7. The molecule has 0 spiro atoms. The lowest BCUT2D eigenvalue weighted by Gasteiger charge is -2.11. The van der Waals surface area contributed by atoms with Gasteiger partial charge in [0.2, 0.25) is 5.78 Å². The van der Waals surface area contributed by atoms with E-state index >= 15 is 0 Å². The van der Waals surface area contributed by atoms with E-state index in [1.165, 1.54) is 50.5 Å². The standard InChI is InChI=1S/C22H21FO5/c1-4-13-27-19-11-5-16(14-20(19)26-3)6-12-21(24)28-15(2)22(25)17-7-9-18(23)10-8-17/h4-12,14-15H,1,13H2,2-3H3/b12-6+/t15-/m1/s1. The highest BCUT2D eigenvalue weighted by Gasteiger charge is 2.18. The second-order valence-electron chi connectivity index (χ2n) is 5.79. The maximum Gasteiger partial charge on any atom is 0.331 e. The van der Waals surface area contributed by atoms with Crippen LogP contribution >= 0.6 is 0 Å². The van der Waals surface area contributed by atoms with E-state index < -0.39 is 23.7 Å². The number of methoxy groups -OCH3 is 1. The summed E-state index contributed by atoms with van der Waals surface area (Å²) in [5.41, 5.74) is 0.961. The van der Waals surface area contributed by atoms with E-state index in [0.29, 0.717) is 23.7 Å². The lowest BCUT2D eigenvalue weighted by Crippen LogP contribution is -2.23. The number of benzene rings is 2. The average molecular weight is 384 g/mol. The molecule has 0 aliphatic carbocycles. The van der Waals surface area contributed by atoms with Crippen molar-refractivity contribution in [2.75, 3.05) is 13.7 Å². The van der Waals surface area contributed by atoms with Crippen LogP contribution in [-0.4, -0.2) is 31.6 Å². The summed E-state index contributed by atoms with van der Waals surface area (Å²) in [6.07, 6.45) is 3.38. The van der Waals surface area contributed by atoms with Gasteiger partial charge in [0.25, 0.3) is 0 Å². The molecule has 0 bridgehead atoms. The van der Waals surface area contributed by atoms with Crippen molar-refractivity contribution in [1.29, 1.82) is 0 Å². The molecule has 0 aliphatic rings. The molecule has 5 nitrogen and oxygen atoms in total. The van der Waals surface area contributed by atoms with Crippen LogP contribution in [0.25, 0.3) is 6.08 Å². The maximum absolute atomic E-state index is 12.9. The quantitative estimate of drug-likeness (QED) is 0.280. The molecule has 0 saturated carbocycles. The van der Waals surface area contributed by atoms with Gasteiger partial charge in [-0.05, 0) is 55.0 Å². The Labute approximate surface area is 163 Å². The highest BCUT2D eigenvalue weighted by molar-refractivity contribution is 6.01. The molecule has 2 aromatic rings. The van der Waals surface area contributed by atoms with Crippen molar-refractivity contribution in [3.05, 3.63) is 78.1 Å². The predicted octanol–water partition coefficient (Wildman–Crippen LogP) is 4.23. The first-order valence-corrected chi connectivity index (χ1v) is 8.54. The minimum atomic E-state index is -0.994. The van der Waals surface area contributed by atoms with Crippen LogP contribution in [0.4, 0.5) is 4.39 Å². The molecule has 2 aromatic carbocycles. The molecule has 2 rings (SSSR count). The van der Waals surface area contributed by atoms with Crippen LogP contribution in [0.3, 0.4) is 0 Å². The summed E-state index contributed by atoms with van der Waals surface area (Å²) in [6, 6.07) is 10.2. The third-order valence-corrected chi connectivity index (χ3v) is 3.75. The Hall–Kier alpha value is -3.41. The number of ketones is 1. The molecule has 0 N–H and O–H groups in total. The van der Waals surface area contributed by atoms with Gasteiger partial charge < -0.3 is 14.2 Å². The smallest absolute Gasteiger partial charge is 0.331 e. The molecule has 1 atom stereocenters. The topological polar surface area (TPSA) is 61.8 Å². The van der Waals surface area contributed by atoms with Crippen LogP contribution < -0.4 is 9.47 Å². The molecule has 0 aliphatic heterocycles. The summed E-state index contributed by atoms with van der Waals surface area (Å²) in [7, 11) is 1.51. The molecule has 0 heterocycles. The summed E-state index contributed by atoms with van der Waals surface area (Å²) < 4.78 is 28.8. The highest BCUT2D eigenvalue weighted by Crippen LogP contribution is 2.28. The second-order valence-corrected chi connectivity index (χ2v) is 5.79. The molecule has 0 aromatic heterocycles. The highest BCUT2D eigenvalue weighted by atomic mass is 19.1. The van der Waals surface area contributed by atoms with E-state index in [4.69, 9.17) is 14.2 Å². The molecule has 0 saturated heterocycles. The summed E-state index contributed by atoms with van der Waals surface area (Å²) in [6.45, 7) is 5.40. The first-order chi connectivity index (χ1) is 13.4. The van der Waals surface area contributed by atoms with Gasteiger partial charge in [-0.2, -0.15) is 0 Å². The van der Waals surface area contributed by atoms with Gasteiger partial charge in [0.05, 0.1) is 7.11 Å². The van der Waals surface area contributed by atoms with Gasteiger partial charge in [0.15, 0.2) is 17.6 Å². The van der Waals surface area contributed by atoms with Gasteiger partial charge >= 0.3 is 5.97 Å². The van der Waals surface area contributed by atoms with Crippen LogP contribution in [0.5, 0.6) is 11.5 Å². The predicted molar refractivity (Wildman–Crippen MR) is 104 cm³/mol. The monoisotopic (exact) mass is 384 g/mol. The van der Waals surface area contributed by atoms with Crippen molar-refractivity contribution in [1.82, 2.24) is 0 Å². The number of Topliss-reactive ketones (excluding diaryl/α,β-unsaturated/α-hetero) is 1. The van der Waals surface area contributed by atoms with Crippen molar-refractivity contribution in [3.8, 4) is 11.5 Å². The van der Waals surface area contributed by atoms with Crippen molar-refractivity contribution < 1.29 is 28.2 Å². The Balaban J connectivity index is 1.99. The van der Waals surface area contributed by atoms with Crippen molar-refractivity contribution in [2.45, 2.75) is 13.0 Å². The fraction of sp³-hybridized carbons (Fsp3) is 0.182. The third kappa shape index (κ3) is 5.81. The van der Waals surface area contributed by atoms with Crippen LogP contribution in [-0.2, 0) is 9.53 Å². The first kappa shape index (κ1) is 20.9. The summed E-state index contributed by atoms with van der Waals surface area (Å²) >= 11 is 0. The molecule has 0 fully saturated rings. The lowest BCUT2D eigenvalue weighted by molar-refractivity contribution is -0.140. The molecule has 0 unspecified atom stereocenters. The van der Waals surface area contributed by atoms with E-state index in [0.717, 1.165) is 0 Å². The average Bonchev–Trinajstić information content (AvgIpc) is 2.70. The van der Waals surface area contributed by atoms with Crippen LogP contribution in [0.15, 0.2) is 61.2 Å². The molecule has 0 amide bonds. The minimum Gasteiger partial charge on any atom is -0.493 e. The van der Waals surface area contributed by atoms with Crippen LogP contribution in [0.2, 0.25) is 0 Å². The van der Waals surface area contributed by atoms with E-state index in [1.54, 1.807) is 24.3 Å². The van der Waals surface area contributed by atoms with Gasteiger partial charge in [0.1, 0.15) is 12.4 Å². The molecular weight excluding hydrogens is 363 g/mol. The SMILES string of the molecule is C=CCOc1ccc(/C=C/C(=O)O[C@H](C)C(=O)c2ccc(F)cc2)cc1OC. The Kier molecular flexibility index (Phi) is 7.51. The van der Waals surface area contributed by atoms with Gasteiger partial charge in [0, 0.05) is 11.6 Å². The number of halogens is 1. The number of carbonyl (C=O) groups excluding carboxylic acids is 2. The number of esters is 1. The lowest BCUT2D eigenvalue weighted by atomic mass is 10.1. The molecule has 146 valence electrons. The number of carbonyl (C=O) groups is 2. The van der Waals surface area contributed by atoms with E-state index in [9.17, 15) is 14.0 Å². The fourth-order valence-corrected chi connectivity index (χ4v) is 2.34. The number of rotatable bonds is 9. The van der Waals surface area contributed by atoms with Crippen LogP contribution in [0.1, 0.15) is 22.8 Å². The Morgan fingerprint density at radius 2 is 1.86 bits per heavy atom.